The van der Waals surface area contributed by atoms with Gasteiger partial charge >= 0.3 is 0 Å². The number of halogens is 1. The predicted molar refractivity (Wildman–Crippen MR) is 114 cm³/mol. The molecule has 1 aliphatic rings. The highest BCUT2D eigenvalue weighted by Crippen LogP contribution is 2.34. The van der Waals surface area contributed by atoms with Crippen LogP contribution >= 0.6 is 11.6 Å². The van der Waals surface area contributed by atoms with Gasteiger partial charge in [-0.25, -0.2) is 4.90 Å². The second kappa shape index (κ2) is 7.81. The van der Waals surface area contributed by atoms with Crippen LogP contribution in [-0.2, 0) is 9.59 Å². The first-order valence-corrected chi connectivity index (χ1v) is 9.31. The Morgan fingerprint density at radius 1 is 0.828 bits per heavy atom. The van der Waals surface area contributed by atoms with Gasteiger partial charge in [0.25, 0.3) is 11.8 Å². The standard InChI is InChI=1S/C23H17ClN2O3/c1-29-19-13-11-18(12-14-19)26-22(27)20(15-7-9-16(24)10-8-15)21(23(26)28)25-17-5-3-2-4-6-17/h2-14,25H,1H3. The number of amides is 2. The van der Waals surface area contributed by atoms with Gasteiger partial charge in [0.2, 0.25) is 0 Å². The van der Waals surface area contributed by atoms with E-state index in [1.807, 2.05) is 30.3 Å². The fraction of sp³-hybridized carbons (Fsp3) is 0.0435. The molecule has 0 unspecified atom stereocenters. The van der Waals surface area contributed by atoms with Crippen molar-refractivity contribution >= 4 is 40.4 Å². The predicted octanol–water partition coefficient (Wildman–Crippen LogP) is 4.75. The summed E-state index contributed by atoms with van der Waals surface area (Å²) in [5.74, 6) is -0.184. The minimum Gasteiger partial charge on any atom is -0.497 e. The Balaban J connectivity index is 1.79. The zero-order valence-electron chi connectivity index (χ0n) is 15.6. The molecule has 0 saturated carbocycles. The van der Waals surface area contributed by atoms with E-state index in [4.69, 9.17) is 16.3 Å². The lowest BCUT2D eigenvalue weighted by Gasteiger charge is -2.16. The molecule has 3 aromatic carbocycles. The van der Waals surface area contributed by atoms with Crippen LogP contribution in [0, 0.1) is 0 Å². The van der Waals surface area contributed by atoms with E-state index in [9.17, 15) is 9.59 Å². The summed E-state index contributed by atoms with van der Waals surface area (Å²) in [7, 11) is 1.56. The Morgan fingerprint density at radius 2 is 1.48 bits per heavy atom. The average molecular weight is 405 g/mol. The van der Waals surface area contributed by atoms with Crippen molar-refractivity contribution in [2.75, 3.05) is 17.3 Å². The van der Waals surface area contributed by atoms with Crippen molar-refractivity contribution in [1.29, 1.82) is 0 Å². The van der Waals surface area contributed by atoms with E-state index < -0.39 is 11.8 Å². The SMILES string of the molecule is COc1ccc(N2C(=O)C(Nc3ccccc3)=C(c3ccc(Cl)cc3)C2=O)cc1. The summed E-state index contributed by atoms with van der Waals surface area (Å²) in [6, 6.07) is 22.9. The van der Waals surface area contributed by atoms with Gasteiger partial charge in [0, 0.05) is 10.7 Å². The number of para-hydroxylation sites is 1. The summed E-state index contributed by atoms with van der Waals surface area (Å²) in [5.41, 5.74) is 2.32. The van der Waals surface area contributed by atoms with Gasteiger partial charge in [0.05, 0.1) is 18.4 Å². The Hall–Kier alpha value is -3.57. The number of hydrogen-bond donors (Lipinski definition) is 1. The molecule has 6 heteroatoms. The van der Waals surface area contributed by atoms with Gasteiger partial charge < -0.3 is 10.1 Å². The molecule has 5 nitrogen and oxygen atoms in total. The molecule has 1 N–H and O–H groups in total. The molecule has 144 valence electrons. The number of carbonyl (C=O) groups excluding carboxylic acids is 2. The molecule has 3 aromatic rings. The molecule has 0 spiro atoms. The fourth-order valence-electron chi connectivity index (χ4n) is 3.16. The normalized spacial score (nSPS) is 13.8. The summed E-state index contributed by atoms with van der Waals surface area (Å²) in [5, 5.41) is 3.67. The third-order valence-electron chi connectivity index (χ3n) is 4.59. The number of benzene rings is 3. The number of carbonyl (C=O) groups is 2. The number of hydrogen-bond acceptors (Lipinski definition) is 4. The summed E-state index contributed by atoms with van der Waals surface area (Å²) < 4.78 is 5.16. The van der Waals surface area contributed by atoms with Crippen LogP contribution in [0.2, 0.25) is 5.02 Å². The zero-order valence-corrected chi connectivity index (χ0v) is 16.3. The average Bonchev–Trinajstić information content (AvgIpc) is 2.99. The molecule has 1 aliphatic heterocycles. The molecule has 1 heterocycles. The van der Waals surface area contributed by atoms with Crippen LogP contribution in [0.3, 0.4) is 0 Å². The highest BCUT2D eigenvalue weighted by Gasteiger charge is 2.40. The van der Waals surface area contributed by atoms with Gasteiger partial charge in [0.1, 0.15) is 11.4 Å². The van der Waals surface area contributed by atoms with E-state index in [0.29, 0.717) is 33.3 Å². The van der Waals surface area contributed by atoms with E-state index in [1.54, 1.807) is 55.6 Å². The topological polar surface area (TPSA) is 58.6 Å². The molecule has 0 radical (unpaired) electrons. The number of methoxy groups -OCH3 is 1. The molecule has 0 aromatic heterocycles. The van der Waals surface area contributed by atoms with E-state index >= 15 is 0 Å². The van der Waals surface area contributed by atoms with Crippen molar-refractivity contribution in [3.05, 3.63) is 95.1 Å². The number of ether oxygens (including phenoxy) is 1. The van der Waals surface area contributed by atoms with Crippen molar-refractivity contribution in [2.45, 2.75) is 0 Å². The molecule has 0 atom stereocenters. The van der Waals surface area contributed by atoms with Crippen LogP contribution in [0.1, 0.15) is 5.56 Å². The lowest BCUT2D eigenvalue weighted by molar-refractivity contribution is -0.120. The van der Waals surface area contributed by atoms with E-state index in [-0.39, 0.29) is 5.70 Å². The largest absolute Gasteiger partial charge is 0.497 e. The van der Waals surface area contributed by atoms with Gasteiger partial charge in [-0.2, -0.15) is 0 Å². The third kappa shape index (κ3) is 3.60. The molecule has 4 rings (SSSR count). The van der Waals surface area contributed by atoms with Crippen molar-refractivity contribution in [2.24, 2.45) is 0 Å². The van der Waals surface area contributed by atoms with Gasteiger partial charge in [-0.15, -0.1) is 0 Å². The Bertz CT molecular complexity index is 1090. The van der Waals surface area contributed by atoms with Crippen LogP contribution in [0.4, 0.5) is 11.4 Å². The maximum Gasteiger partial charge on any atom is 0.282 e. The van der Waals surface area contributed by atoms with Crippen LogP contribution in [-0.4, -0.2) is 18.9 Å². The fourth-order valence-corrected chi connectivity index (χ4v) is 3.29. The van der Waals surface area contributed by atoms with Crippen molar-refractivity contribution < 1.29 is 14.3 Å². The highest BCUT2D eigenvalue weighted by atomic mass is 35.5. The number of rotatable bonds is 5. The molecule has 0 fully saturated rings. The number of nitrogens with zero attached hydrogens (tertiary/aromatic N) is 1. The van der Waals surface area contributed by atoms with E-state index in [2.05, 4.69) is 5.32 Å². The Labute approximate surface area is 173 Å². The second-order valence-corrected chi connectivity index (χ2v) is 6.83. The first-order valence-electron chi connectivity index (χ1n) is 8.93. The van der Waals surface area contributed by atoms with E-state index in [0.717, 1.165) is 4.90 Å². The lowest BCUT2D eigenvalue weighted by atomic mass is 10.0. The zero-order chi connectivity index (χ0) is 20.4. The van der Waals surface area contributed by atoms with E-state index in [1.165, 1.54) is 0 Å². The van der Waals surface area contributed by atoms with Crippen molar-refractivity contribution in [1.82, 2.24) is 0 Å². The molecular weight excluding hydrogens is 388 g/mol. The summed E-state index contributed by atoms with van der Waals surface area (Å²) in [4.78, 5) is 27.7. The summed E-state index contributed by atoms with van der Waals surface area (Å²) in [6.45, 7) is 0. The molecule has 0 bridgehead atoms. The quantitative estimate of drug-likeness (QED) is 0.624. The molecule has 29 heavy (non-hydrogen) atoms. The van der Waals surface area contributed by atoms with Crippen LogP contribution < -0.4 is 15.0 Å². The van der Waals surface area contributed by atoms with Gasteiger partial charge in [-0.1, -0.05) is 41.9 Å². The van der Waals surface area contributed by atoms with Gasteiger partial charge in [-0.05, 0) is 54.1 Å². The smallest absolute Gasteiger partial charge is 0.282 e. The van der Waals surface area contributed by atoms with Crippen LogP contribution in [0.5, 0.6) is 5.75 Å². The maximum atomic E-state index is 13.3. The van der Waals surface area contributed by atoms with Crippen LogP contribution in [0.15, 0.2) is 84.6 Å². The molecule has 0 saturated heterocycles. The maximum absolute atomic E-state index is 13.3. The first kappa shape index (κ1) is 18.8. The Kier molecular flexibility index (Phi) is 5.06. The number of nitrogens with one attached hydrogen (secondary N) is 1. The Morgan fingerprint density at radius 3 is 2.10 bits per heavy atom. The molecular formula is C23H17ClN2O3. The van der Waals surface area contributed by atoms with Crippen molar-refractivity contribution in [3.63, 3.8) is 0 Å². The minimum absolute atomic E-state index is 0.222. The minimum atomic E-state index is -0.422. The second-order valence-electron chi connectivity index (χ2n) is 6.39. The van der Waals surface area contributed by atoms with Crippen LogP contribution in [0.25, 0.3) is 5.57 Å². The first-order chi connectivity index (χ1) is 14.1. The third-order valence-corrected chi connectivity index (χ3v) is 4.84. The van der Waals surface area contributed by atoms with Crippen molar-refractivity contribution in [3.8, 4) is 5.75 Å². The number of anilines is 2. The monoisotopic (exact) mass is 404 g/mol. The number of imide groups is 1. The highest BCUT2D eigenvalue weighted by molar-refractivity contribution is 6.46. The summed E-state index contributed by atoms with van der Waals surface area (Å²) in [6.07, 6.45) is 0. The van der Waals surface area contributed by atoms with Gasteiger partial charge in [0.15, 0.2) is 0 Å². The summed E-state index contributed by atoms with van der Waals surface area (Å²) >= 11 is 6.00. The molecule has 2 amide bonds. The van der Waals surface area contributed by atoms with Gasteiger partial charge in [-0.3, -0.25) is 9.59 Å². The molecule has 0 aliphatic carbocycles. The lowest BCUT2D eigenvalue weighted by Crippen LogP contribution is -2.32.